The first-order valence-corrected chi connectivity index (χ1v) is 11.7. The Bertz CT molecular complexity index is 1100. The van der Waals surface area contributed by atoms with E-state index in [4.69, 9.17) is 16.3 Å². The molecule has 178 valence electrons. The monoisotopic (exact) mass is 481 g/mol. The zero-order valence-electron chi connectivity index (χ0n) is 18.8. The van der Waals surface area contributed by atoms with Crippen LogP contribution >= 0.6 is 11.6 Å². The molecule has 0 saturated carbocycles. The lowest BCUT2D eigenvalue weighted by atomic mass is 10.0. The van der Waals surface area contributed by atoms with Crippen molar-refractivity contribution in [2.24, 2.45) is 0 Å². The van der Waals surface area contributed by atoms with Gasteiger partial charge in [0.15, 0.2) is 0 Å². The number of aromatic nitrogens is 2. The minimum absolute atomic E-state index is 0.0624. The quantitative estimate of drug-likeness (QED) is 0.489. The summed E-state index contributed by atoms with van der Waals surface area (Å²) in [6.45, 7) is 3.79. The number of halogens is 1. The van der Waals surface area contributed by atoms with E-state index < -0.39 is 0 Å². The zero-order chi connectivity index (χ0) is 23.8. The van der Waals surface area contributed by atoms with Crippen molar-refractivity contribution in [3.8, 4) is 0 Å². The van der Waals surface area contributed by atoms with Crippen LogP contribution in [0.1, 0.15) is 28.4 Å². The number of nitrogens with zero attached hydrogens (tertiary/aromatic N) is 3. The van der Waals surface area contributed by atoms with Crippen molar-refractivity contribution in [3.63, 3.8) is 0 Å². The van der Waals surface area contributed by atoms with Crippen LogP contribution in [-0.2, 0) is 16.1 Å². The SMILES string of the molecule is O=C(CCn1ccnc1)Nc1cccc(C(=O)NCC(c2ccccc2Cl)N2CCOCC2)c1. The van der Waals surface area contributed by atoms with Crippen LogP contribution in [0.15, 0.2) is 67.3 Å². The van der Waals surface area contributed by atoms with Crippen LogP contribution < -0.4 is 10.6 Å². The highest BCUT2D eigenvalue weighted by atomic mass is 35.5. The smallest absolute Gasteiger partial charge is 0.251 e. The number of carbonyl (C=O) groups is 2. The Hall–Kier alpha value is -3.20. The first kappa shape index (κ1) is 23.9. The number of aryl methyl sites for hydroxylation is 1. The summed E-state index contributed by atoms with van der Waals surface area (Å²) in [5.74, 6) is -0.336. The number of morpholine rings is 1. The molecule has 0 aliphatic carbocycles. The molecule has 0 bridgehead atoms. The summed E-state index contributed by atoms with van der Waals surface area (Å²) in [7, 11) is 0. The molecule has 0 radical (unpaired) electrons. The largest absolute Gasteiger partial charge is 0.379 e. The van der Waals surface area contributed by atoms with E-state index in [0.717, 1.165) is 18.7 Å². The van der Waals surface area contributed by atoms with Crippen molar-refractivity contribution in [2.75, 3.05) is 38.2 Å². The second-order valence-corrected chi connectivity index (χ2v) is 8.48. The Labute approximate surface area is 203 Å². The van der Waals surface area contributed by atoms with Crippen LogP contribution in [0.3, 0.4) is 0 Å². The molecule has 4 rings (SSSR count). The number of hydrogen-bond acceptors (Lipinski definition) is 5. The van der Waals surface area contributed by atoms with Gasteiger partial charge in [-0.3, -0.25) is 14.5 Å². The Kier molecular flexibility index (Phi) is 8.30. The van der Waals surface area contributed by atoms with Gasteiger partial charge >= 0.3 is 0 Å². The maximum Gasteiger partial charge on any atom is 0.251 e. The molecule has 1 aliphatic heterocycles. The number of benzene rings is 2. The third kappa shape index (κ3) is 6.44. The van der Waals surface area contributed by atoms with Crippen molar-refractivity contribution >= 4 is 29.1 Å². The molecule has 8 nitrogen and oxygen atoms in total. The van der Waals surface area contributed by atoms with Gasteiger partial charge in [0.25, 0.3) is 5.91 Å². The fourth-order valence-corrected chi connectivity index (χ4v) is 4.23. The van der Waals surface area contributed by atoms with E-state index in [-0.39, 0.29) is 17.9 Å². The van der Waals surface area contributed by atoms with Crippen LogP contribution in [-0.4, -0.2) is 59.1 Å². The highest BCUT2D eigenvalue weighted by molar-refractivity contribution is 6.31. The molecule has 1 unspecified atom stereocenters. The van der Waals surface area contributed by atoms with Crippen LogP contribution in [0, 0.1) is 0 Å². The summed E-state index contributed by atoms with van der Waals surface area (Å²) in [6.07, 6.45) is 5.47. The molecule has 1 saturated heterocycles. The fraction of sp³-hybridized carbons (Fsp3) is 0.320. The summed E-state index contributed by atoms with van der Waals surface area (Å²) < 4.78 is 7.33. The number of anilines is 1. The molecule has 2 aromatic carbocycles. The predicted octanol–water partition coefficient (Wildman–Crippen LogP) is 3.37. The van der Waals surface area contributed by atoms with Crippen molar-refractivity contribution in [1.82, 2.24) is 19.8 Å². The summed E-state index contributed by atoms with van der Waals surface area (Å²) in [5, 5.41) is 6.58. The van der Waals surface area contributed by atoms with E-state index in [1.54, 1.807) is 36.8 Å². The maximum atomic E-state index is 13.0. The molecule has 3 aromatic rings. The van der Waals surface area contributed by atoms with E-state index in [2.05, 4.69) is 20.5 Å². The summed E-state index contributed by atoms with van der Waals surface area (Å²) in [6, 6.07) is 14.6. The second kappa shape index (κ2) is 11.8. The van der Waals surface area contributed by atoms with E-state index >= 15 is 0 Å². The fourth-order valence-electron chi connectivity index (χ4n) is 3.97. The number of ether oxygens (including phenoxy) is 1. The van der Waals surface area contributed by atoms with Gasteiger partial charge in [0.05, 0.1) is 25.6 Å². The molecular formula is C25H28ClN5O3. The highest BCUT2D eigenvalue weighted by Gasteiger charge is 2.25. The Morgan fingerprint density at radius 1 is 1.12 bits per heavy atom. The Balaban J connectivity index is 1.38. The molecule has 2 amide bonds. The second-order valence-electron chi connectivity index (χ2n) is 8.08. The third-order valence-corrected chi connectivity index (χ3v) is 6.12. The molecule has 0 spiro atoms. The average molecular weight is 482 g/mol. The lowest BCUT2D eigenvalue weighted by Crippen LogP contribution is -2.44. The predicted molar refractivity (Wildman–Crippen MR) is 131 cm³/mol. The summed E-state index contributed by atoms with van der Waals surface area (Å²) in [5.41, 5.74) is 2.04. The van der Waals surface area contributed by atoms with E-state index in [9.17, 15) is 9.59 Å². The number of rotatable bonds is 9. The van der Waals surface area contributed by atoms with Crippen molar-refractivity contribution in [1.29, 1.82) is 0 Å². The van der Waals surface area contributed by atoms with Crippen molar-refractivity contribution < 1.29 is 14.3 Å². The maximum absolute atomic E-state index is 13.0. The van der Waals surface area contributed by atoms with Gasteiger partial charge in [0.2, 0.25) is 5.91 Å². The topological polar surface area (TPSA) is 88.5 Å². The molecule has 2 heterocycles. The van der Waals surface area contributed by atoms with Gasteiger partial charge in [-0.2, -0.15) is 0 Å². The van der Waals surface area contributed by atoms with Gasteiger partial charge in [-0.25, -0.2) is 4.98 Å². The van der Waals surface area contributed by atoms with Gasteiger partial charge in [0.1, 0.15) is 0 Å². The van der Waals surface area contributed by atoms with Gasteiger partial charge in [-0.05, 0) is 29.8 Å². The molecule has 34 heavy (non-hydrogen) atoms. The molecule has 2 N–H and O–H groups in total. The summed E-state index contributed by atoms with van der Waals surface area (Å²) in [4.78, 5) is 31.5. The minimum Gasteiger partial charge on any atom is -0.379 e. The summed E-state index contributed by atoms with van der Waals surface area (Å²) >= 11 is 6.48. The molecular weight excluding hydrogens is 454 g/mol. The molecule has 1 aromatic heterocycles. The first-order chi connectivity index (χ1) is 16.6. The number of nitrogens with one attached hydrogen (secondary N) is 2. The van der Waals surface area contributed by atoms with Crippen molar-refractivity contribution in [3.05, 3.63) is 83.4 Å². The number of amides is 2. The third-order valence-electron chi connectivity index (χ3n) is 5.77. The molecule has 1 fully saturated rings. The minimum atomic E-state index is -0.208. The first-order valence-electron chi connectivity index (χ1n) is 11.3. The van der Waals surface area contributed by atoms with Crippen LogP contribution in [0.2, 0.25) is 5.02 Å². The number of imidazole rings is 1. The van der Waals surface area contributed by atoms with Gasteiger partial charge < -0.3 is 19.9 Å². The lowest BCUT2D eigenvalue weighted by molar-refractivity contribution is -0.116. The van der Waals surface area contributed by atoms with Gasteiger partial charge in [-0.1, -0.05) is 35.9 Å². The Morgan fingerprint density at radius 3 is 2.71 bits per heavy atom. The van der Waals surface area contributed by atoms with Gasteiger partial charge in [0, 0.05) is 61.3 Å². The standard InChI is InChI=1S/C25H28ClN5O3/c26-22-7-2-1-6-21(22)23(31-12-14-34-15-13-31)17-28-25(33)19-4-3-5-20(16-19)29-24(32)8-10-30-11-9-27-18-30/h1-7,9,11,16,18,23H,8,10,12-15,17H2,(H,28,33)(H,29,32). The van der Waals surface area contributed by atoms with Crippen LogP contribution in [0.4, 0.5) is 5.69 Å². The van der Waals surface area contributed by atoms with E-state index in [0.29, 0.717) is 49.0 Å². The highest BCUT2D eigenvalue weighted by Crippen LogP contribution is 2.28. The normalized spacial score (nSPS) is 15.0. The molecule has 9 heteroatoms. The number of carbonyl (C=O) groups excluding carboxylic acids is 2. The zero-order valence-corrected chi connectivity index (χ0v) is 19.6. The lowest BCUT2D eigenvalue weighted by Gasteiger charge is -2.35. The van der Waals surface area contributed by atoms with Crippen LogP contribution in [0.5, 0.6) is 0 Å². The van der Waals surface area contributed by atoms with Crippen LogP contribution in [0.25, 0.3) is 0 Å². The average Bonchev–Trinajstić information content (AvgIpc) is 3.38. The number of hydrogen-bond donors (Lipinski definition) is 2. The molecule has 1 aliphatic rings. The van der Waals surface area contributed by atoms with E-state index in [1.807, 2.05) is 35.0 Å². The van der Waals surface area contributed by atoms with E-state index in [1.165, 1.54) is 0 Å². The van der Waals surface area contributed by atoms with Crippen molar-refractivity contribution in [2.45, 2.75) is 19.0 Å². The Morgan fingerprint density at radius 2 is 1.94 bits per heavy atom. The van der Waals surface area contributed by atoms with Gasteiger partial charge in [-0.15, -0.1) is 0 Å². The molecule has 1 atom stereocenters.